The van der Waals surface area contributed by atoms with E-state index in [1.807, 2.05) is 12.3 Å². The molecule has 26 heavy (non-hydrogen) atoms. The summed E-state index contributed by atoms with van der Waals surface area (Å²) in [6.45, 7) is 4.34. The number of methoxy groups -OCH3 is 1. The largest absolute Gasteiger partial charge is 0.383 e. The number of hydrogen-bond donors (Lipinski definition) is 3. The van der Waals surface area contributed by atoms with Crippen LogP contribution < -0.4 is 10.6 Å². The Kier molecular flexibility index (Phi) is 8.37. The lowest BCUT2D eigenvalue weighted by Gasteiger charge is -2.17. The van der Waals surface area contributed by atoms with Gasteiger partial charge in [0.15, 0.2) is 5.96 Å². The number of fused-ring (bicyclic) bond motifs is 1. The fourth-order valence-corrected chi connectivity index (χ4v) is 2.82. The van der Waals surface area contributed by atoms with Crippen molar-refractivity contribution in [2.45, 2.75) is 12.8 Å². The van der Waals surface area contributed by atoms with Crippen molar-refractivity contribution in [1.29, 1.82) is 0 Å². The number of nitrogens with one attached hydrogen (secondary N) is 3. The molecule has 0 saturated carbocycles. The van der Waals surface area contributed by atoms with Gasteiger partial charge in [0, 0.05) is 50.9 Å². The highest BCUT2D eigenvalue weighted by Crippen LogP contribution is 2.19. The van der Waals surface area contributed by atoms with Gasteiger partial charge in [-0.2, -0.15) is 0 Å². The standard InChI is InChI=1S/C19H30FN5O/c1-21-19(22-8-4-10-25(2)11-12-26-3)23-9-7-15-14-24-18-13-16(20)5-6-17(15)18/h5-6,13-14,24H,4,7-12H2,1-3H3,(H2,21,22,23). The van der Waals surface area contributed by atoms with Gasteiger partial charge in [-0.15, -0.1) is 0 Å². The molecule has 0 radical (unpaired) electrons. The highest BCUT2D eigenvalue weighted by molar-refractivity contribution is 5.83. The molecule has 7 heteroatoms. The zero-order chi connectivity index (χ0) is 18.8. The number of aromatic amines is 1. The number of aromatic nitrogens is 1. The van der Waals surface area contributed by atoms with Gasteiger partial charge >= 0.3 is 0 Å². The van der Waals surface area contributed by atoms with Crippen molar-refractivity contribution in [2.24, 2.45) is 4.99 Å². The van der Waals surface area contributed by atoms with E-state index in [0.29, 0.717) is 0 Å². The summed E-state index contributed by atoms with van der Waals surface area (Å²) >= 11 is 0. The molecule has 0 aliphatic carbocycles. The lowest BCUT2D eigenvalue weighted by atomic mass is 10.1. The molecule has 0 amide bonds. The van der Waals surface area contributed by atoms with Crippen LogP contribution in [0.5, 0.6) is 0 Å². The van der Waals surface area contributed by atoms with Crippen molar-refractivity contribution in [3.63, 3.8) is 0 Å². The Balaban J connectivity index is 1.68. The molecule has 0 aliphatic rings. The van der Waals surface area contributed by atoms with Gasteiger partial charge < -0.3 is 25.3 Å². The average Bonchev–Trinajstić information content (AvgIpc) is 3.03. The van der Waals surface area contributed by atoms with Crippen LogP contribution in [-0.4, -0.2) is 69.8 Å². The van der Waals surface area contributed by atoms with Crippen LogP contribution in [-0.2, 0) is 11.2 Å². The molecule has 1 aromatic heterocycles. The number of aliphatic imine (C=N–C) groups is 1. The number of nitrogens with zero attached hydrogens (tertiary/aromatic N) is 2. The first-order chi connectivity index (χ1) is 12.6. The molecule has 3 N–H and O–H groups in total. The second-order valence-corrected chi connectivity index (χ2v) is 6.33. The summed E-state index contributed by atoms with van der Waals surface area (Å²) in [6.07, 6.45) is 3.82. The average molecular weight is 363 g/mol. The van der Waals surface area contributed by atoms with Gasteiger partial charge in [-0.1, -0.05) is 0 Å². The molecule has 0 unspecified atom stereocenters. The predicted molar refractivity (Wildman–Crippen MR) is 105 cm³/mol. The lowest BCUT2D eigenvalue weighted by molar-refractivity contribution is 0.161. The van der Waals surface area contributed by atoms with Crippen molar-refractivity contribution < 1.29 is 9.13 Å². The maximum atomic E-state index is 13.2. The van der Waals surface area contributed by atoms with E-state index in [0.717, 1.165) is 62.5 Å². The Hall–Kier alpha value is -2.12. The van der Waals surface area contributed by atoms with Crippen LogP contribution in [0.1, 0.15) is 12.0 Å². The highest BCUT2D eigenvalue weighted by atomic mass is 19.1. The molecule has 0 saturated heterocycles. The topological polar surface area (TPSA) is 64.7 Å². The third-order valence-corrected chi connectivity index (χ3v) is 4.33. The molecule has 1 heterocycles. The second kappa shape index (κ2) is 10.8. The summed E-state index contributed by atoms with van der Waals surface area (Å²) in [5.41, 5.74) is 2.00. The van der Waals surface area contributed by atoms with Crippen molar-refractivity contribution in [1.82, 2.24) is 20.5 Å². The first-order valence-electron chi connectivity index (χ1n) is 9.01. The van der Waals surface area contributed by atoms with Crippen LogP contribution >= 0.6 is 0 Å². The third-order valence-electron chi connectivity index (χ3n) is 4.33. The molecule has 0 bridgehead atoms. The van der Waals surface area contributed by atoms with Crippen molar-refractivity contribution in [3.8, 4) is 0 Å². The van der Waals surface area contributed by atoms with Crippen LogP contribution in [0.15, 0.2) is 29.4 Å². The van der Waals surface area contributed by atoms with Gasteiger partial charge in [0.2, 0.25) is 0 Å². The van der Waals surface area contributed by atoms with Crippen LogP contribution in [0.2, 0.25) is 0 Å². The van der Waals surface area contributed by atoms with Gasteiger partial charge in [-0.25, -0.2) is 4.39 Å². The molecular formula is C19H30FN5O. The van der Waals surface area contributed by atoms with Gasteiger partial charge in [0.25, 0.3) is 0 Å². The molecule has 144 valence electrons. The normalized spacial score (nSPS) is 12.1. The van der Waals surface area contributed by atoms with E-state index in [2.05, 4.69) is 32.6 Å². The molecule has 2 aromatic rings. The van der Waals surface area contributed by atoms with Crippen LogP contribution in [0.4, 0.5) is 4.39 Å². The molecular weight excluding hydrogens is 333 g/mol. The van der Waals surface area contributed by atoms with E-state index in [9.17, 15) is 4.39 Å². The van der Waals surface area contributed by atoms with E-state index in [-0.39, 0.29) is 5.82 Å². The predicted octanol–water partition coefficient (Wildman–Crippen LogP) is 1.98. The minimum atomic E-state index is -0.221. The van der Waals surface area contributed by atoms with Gasteiger partial charge in [0.1, 0.15) is 5.82 Å². The van der Waals surface area contributed by atoms with E-state index < -0.39 is 0 Å². The number of halogens is 1. The smallest absolute Gasteiger partial charge is 0.190 e. The minimum Gasteiger partial charge on any atom is -0.383 e. The third kappa shape index (κ3) is 6.31. The zero-order valence-corrected chi connectivity index (χ0v) is 15.9. The number of H-pyrrole nitrogens is 1. The molecule has 0 spiro atoms. The summed E-state index contributed by atoms with van der Waals surface area (Å²) in [5.74, 6) is 0.580. The Morgan fingerprint density at radius 2 is 2.08 bits per heavy atom. The molecule has 1 aromatic carbocycles. The molecule has 0 aliphatic heterocycles. The summed E-state index contributed by atoms with van der Waals surface area (Å²) in [7, 11) is 5.59. The summed E-state index contributed by atoms with van der Waals surface area (Å²) in [6, 6.07) is 4.84. The molecule has 2 rings (SSSR count). The van der Waals surface area contributed by atoms with E-state index in [1.165, 1.54) is 17.7 Å². The van der Waals surface area contributed by atoms with E-state index >= 15 is 0 Å². The first-order valence-corrected chi connectivity index (χ1v) is 9.01. The maximum Gasteiger partial charge on any atom is 0.190 e. The van der Waals surface area contributed by atoms with Crippen molar-refractivity contribution >= 4 is 16.9 Å². The number of ether oxygens (including phenoxy) is 1. The van der Waals surface area contributed by atoms with Crippen LogP contribution in [0.25, 0.3) is 10.9 Å². The number of hydrogen-bond acceptors (Lipinski definition) is 3. The fraction of sp³-hybridized carbons (Fsp3) is 0.526. The number of rotatable bonds is 10. The molecule has 0 fully saturated rings. The Morgan fingerprint density at radius 1 is 1.27 bits per heavy atom. The SMILES string of the molecule is CN=C(NCCCN(C)CCOC)NCCc1c[nH]c2cc(F)ccc12. The lowest BCUT2D eigenvalue weighted by Crippen LogP contribution is -2.39. The van der Waals surface area contributed by atoms with Gasteiger partial charge in [0.05, 0.1) is 6.61 Å². The number of benzene rings is 1. The van der Waals surface area contributed by atoms with Crippen LogP contribution in [0, 0.1) is 5.82 Å². The Labute approximate surface area is 154 Å². The van der Waals surface area contributed by atoms with Crippen molar-refractivity contribution in [3.05, 3.63) is 35.8 Å². The maximum absolute atomic E-state index is 13.2. The van der Waals surface area contributed by atoms with E-state index in [1.54, 1.807) is 14.2 Å². The monoisotopic (exact) mass is 363 g/mol. The fourth-order valence-electron chi connectivity index (χ4n) is 2.82. The second-order valence-electron chi connectivity index (χ2n) is 6.33. The molecule has 6 nitrogen and oxygen atoms in total. The molecule has 0 atom stereocenters. The summed E-state index contributed by atoms with van der Waals surface area (Å²) < 4.78 is 18.3. The minimum absolute atomic E-state index is 0.221. The Morgan fingerprint density at radius 3 is 2.85 bits per heavy atom. The number of guanidine groups is 1. The zero-order valence-electron chi connectivity index (χ0n) is 15.9. The van der Waals surface area contributed by atoms with Crippen LogP contribution in [0.3, 0.4) is 0 Å². The summed E-state index contributed by atoms with van der Waals surface area (Å²) in [5, 5.41) is 7.72. The quantitative estimate of drug-likeness (QED) is 0.343. The Bertz CT molecular complexity index is 700. The van der Waals surface area contributed by atoms with Gasteiger partial charge in [-0.05, 0) is 50.2 Å². The first kappa shape index (κ1) is 20.2. The van der Waals surface area contributed by atoms with Gasteiger partial charge in [-0.3, -0.25) is 4.99 Å². The van der Waals surface area contributed by atoms with Crippen molar-refractivity contribution in [2.75, 3.05) is 54.0 Å². The highest BCUT2D eigenvalue weighted by Gasteiger charge is 2.05. The summed E-state index contributed by atoms with van der Waals surface area (Å²) in [4.78, 5) is 9.62. The van der Waals surface area contributed by atoms with E-state index in [4.69, 9.17) is 4.74 Å². The number of likely N-dealkylation sites (N-methyl/N-ethyl adjacent to an activating group) is 1.